The number of hydrogen-bond donors (Lipinski definition) is 2. The number of hydrogen-bond acceptors (Lipinski definition) is 7. The Bertz CT molecular complexity index is 1630. The van der Waals surface area contributed by atoms with Crippen LogP contribution >= 0.6 is 0 Å². The number of amides is 1. The number of fused-ring (bicyclic) bond motifs is 1. The Hall–Kier alpha value is -4.76. The molecule has 4 aromatic rings. The van der Waals surface area contributed by atoms with Gasteiger partial charge in [-0.3, -0.25) is 14.2 Å². The van der Waals surface area contributed by atoms with E-state index in [1.807, 2.05) is 68.4 Å². The van der Waals surface area contributed by atoms with Crippen LogP contribution in [0.25, 0.3) is 16.8 Å². The topological polar surface area (TPSA) is 115 Å². The van der Waals surface area contributed by atoms with Crippen LogP contribution < -0.4 is 15.6 Å². The molecule has 1 aromatic heterocycles. The zero-order chi connectivity index (χ0) is 28.1. The second-order valence-electron chi connectivity index (χ2n) is 9.38. The number of rotatable bonds is 9. The summed E-state index contributed by atoms with van der Waals surface area (Å²) in [5.41, 5.74) is 6.08. The number of aryl methyl sites for hydroxylation is 1. The van der Waals surface area contributed by atoms with Gasteiger partial charge in [-0.05, 0) is 54.3 Å². The lowest BCUT2D eigenvalue weighted by Crippen LogP contribution is -2.28. The van der Waals surface area contributed by atoms with Gasteiger partial charge in [-0.15, -0.1) is 0 Å². The molecule has 0 radical (unpaired) electrons. The Morgan fingerprint density at radius 2 is 1.98 bits per heavy atom. The quantitative estimate of drug-likeness (QED) is 0.109. The highest BCUT2D eigenvalue weighted by Crippen LogP contribution is 2.28. The molecule has 0 bridgehead atoms. The lowest BCUT2D eigenvalue weighted by Gasteiger charge is -2.16. The van der Waals surface area contributed by atoms with Crippen LogP contribution in [0.5, 0.6) is 5.75 Å². The molecule has 0 aliphatic carbocycles. The second kappa shape index (κ2) is 12.0. The normalized spacial score (nSPS) is 12.6. The third-order valence-corrected chi connectivity index (χ3v) is 6.93. The van der Waals surface area contributed by atoms with E-state index in [4.69, 9.17) is 14.5 Å². The van der Waals surface area contributed by atoms with E-state index in [1.54, 1.807) is 16.7 Å². The molecule has 2 N–H and O–H groups in total. The first-order valence-corrected chi connectivity index (χ1v) is 13.1. The van der Waals surface area contributed by atoms with Crippen molar-refractivity contribution in [1.29, 1.82) is 0 Å². The maximum Gasteiger partial charge on any atom is 0.261 e. The van der Waals surface area contributed by atoms with E-state index in [0.717, 1.165) is 40.1 Å². The van der Waals surface area contributed by atoms with Gasteiger partial charge in [0.05, 0.1) is 24.6 Å². The SMILES string of the molecule is CCOCc1nc(C)n(-c2ccc3c(c2)CCO3)c(=O)c1Cc1ccc(-c2ccccc2/C(=N/O)NC=O)cc1. The molecule has 0 spiro atoms. The van der Waals surface area contributed by atoms with E-state index in [9.17, 15) is 14.8 Å². The standard InChI is InChI=1S/C31H30N4O5/c1-3-39-18-28-27(31(37)35(20(2)33-28)24-12-13-29-23(17-24)14-15-40-29)16-21-8-10-22(11-9-21)25-6-4-5-7-26(25)30(34-38)32-19-36/h4-13,17,19,38H,3,14-16,18H2,1-2H3,(H,32,34,36). The monoisotopic (exact) mass is 538 g/mol. The number of ether oxygens (including phenoxy) is 2. The van der Waals surface area contributed by atoms with E-state index < -0.39 is 0 Å². The molecule has 0 saturated heterocycles. The fourth-order valence-corrected chi connectivity index (χ4v) is 4.99. The van der Waals surface area contributed by atoms with Crippen molar-refractivity contribution < 1.29 is 19.5 Å². The molecule has 204 valence electrons. The fourth-order valence-electron chi connectivity index (χ4n) is 4.99. The number of oxime groups is 1. The largest absolute Gasteiger partial charge is 0.493 e. The zero-order valence-corrected chi connectivity index (χ0v) is 22.4. The van der Waals surface area contributed by atoms with Crippen molar-refractivity contribution in [3.05, 3.63) is 111 Å². The van der Waals surface area contributed by atoms with Gasteiger partial charge < -0.3 is 20.0 Å². The Labute approximate surface area is 231 Å². The molecule has 3 aromatic carbocycles. The number of benzene rings is 3. The summed E-state index contributed by atoms with van der Waals surface area (Å²) in [5.74, 6) is 1.51. The van der Waals surface area contributed by atoms with E-state index in [2.05, 4.69) is 10.5 Å². The summed E-state index contributed by atoms with van der Waals surface area (Å²) in [6.45, 7) is 5.15. The predicted molar refractivity (Wildman–Crippen MR) is 151 cm³/mol. The number of aromatic nitrogens is 2. The number of carbonyl (C=O) groups excluding carboxylic acids is 1. The molecule has 9 heteroatoms. The lowest BCUT2D eigenvalue weighted by molar-refractivity contribution is -0.108. The first-order chi connectivity index (χ1) is 19.5. The van der Waals surface area contributed by atoms with Crippen LogP contribution in [0.3, 0.4) is 0 Å². The van der Waals surface area contributed by atoms with Gasteiger partial charge in [-0.2, -0.15) is 0 Å². The van der Waals surface area contributed by atoms with Gasteiger partial charge in [0.15, 0.2) is 5.84 Å². The highest BCUT2D eigenvalue weighted by Gasteiger charge is 2.19. The van der Waals surface area contributed by atoms with E-state index in [1.165, 1.54) is 0 Å². The maximum atomic E-state index is 13.9. The third kappa shape index (κ3) is 5.37. The van der Waals surface area contributed by atoms with Crippen molar-refractivity contribution in [2.45, 2.75) is 33.3 Å². The summed E-state index contributed by atoms with van der Waals surface area (Å²) in [4.78, 5) is 29.7. The van der Waals surface area contributed by atoms with Crippen LogP contribution in [0.4, 0.5) is 0 Å². The summed E-state index contributed by atoms with van der Waals surface area (Å²) in [7, 11) is 0. The van der Waals surface area contributed by atoms with Gasteiger partial charge in [-0.25, -0.2) is 4.98 Å². The first kappa shape index (κ1) is 26.8. The molecular formula is C31H30N4O5. The molecule has 1 amide bonds. The Morgan fingerprint density at radius 3 is 2.73 bits per heavy atom. The Morgan fingerprint density at radius 1 is 1.18 bits per heavy atom. The number of carbonyl (C=O) groups is 1. The number of amidine groups is 1. The molecule has 1 aliphatic heterocycles. The van der Waals surface area contributed by atoms with Crippen LogP contribution in [0.1, 0.15) is 40.7 Å². The smallest absolute Gasteiger partial charge is 0.261 e. The second-order valence-corrected chi connectivity index (χ2v) is 9.38. The molecule has 9 nitrogen and oxygen atoms in total. The highest BCUT2D eigenvalue weighted by atomic mass is 16.5. The third-order valence-electron chi connectivity index (χ3n) is 6.93. The van der Waals surface area contributed by atoms with Crippen LogP contribution in [0.2, 0.25) is 0 Å². The van der Waals surface area contributed by atoms with Crippen molar-refractivity contribution in [2.75, 3.05) is 13.2 Å². The Balaban J connectivity index is 1.51. The molecule has 0 saturated carbocycles. The summed E-state index contributed by atoms with van der Waals surface area (Å²) < 4.78 is 13.0. The summed E-state index contributed by atoms with van der Waals surface area (Å²) >= 11 is 0. The van der Waals surface area contributed by atoms with Crippen LogP contribution in [-0.4, -0.2) is 40.2 Å². The predicted octanol–water partition coefficient (Wildman–Crippen LogP) is 4.15. The molecule has 0 fully saturated rings. The van der Waals surface area contributed by atoms with E-state index in [-0.39, 0.29) is 18.0 Å². The Kier molecular flexibility index (Phi) is 8.02. The van der Waals surface area contributed by atoms with Crippen molar-refractivity contribution in [3.63, 3.8) is 0 Å². The summed E-state index contributed by atoms with van der Waals surface area (Å²) in [5, 5.41) is 15.0. The van der Waals surface area contributed by atoms with Gasteiger partial charge in [-0.1, -0.05) is 53.7 Å². The van der Waals surface area contributed by atoms with Gasteiger partial charge in [0, 0.05) is 30.6 Å². The zero-order valence-electron chi connectivity index (χ0n) is 22.4. The first-order valence-electron chi connectivity index (χ1n) is 13.1. The van der Waals surface area contributed by atoms with Gasteiger partial charge in [0.25, 0.3) is 5.56 Å². The average Bonchev–Trinajstić information content (AvgIpc) is 3.45. The summed E-state index contributed by atoms with van der Waals surface area (Å²) in [6, 6.07) is 20.9. The van der Waals surface area contributed by atoms with Gasteiger partial charge >= 0.3 is 0 Å². The minimum Gasteiger partial charge on any atom is -0.493 e. The number of nitrogens with one attached hydrogen (secondary N) is 1. The molecule has 0 atom stereocenters. The molecule has 0 unspecified atom stereocenters. The minimum atomic E-state index is -0.126. The lowest BCUT2D eigenvalue weighted by atomic mass is 9.96. The van der Waals surface area contributed by atoms with Crippen molar-refractivity contribution in [3.8, 4) is 22.6 Å². The molecule has 2 heterocycles. The van der Waals surface area contributed by atoms with Gasteiger partial charge in [0.1, 0.15) is 11.6 Å². The van der Waals surface area contributed by atoms with Crippen molar-refractivity contribution >= 4 is 12.2 Å². The van der Waals surface area contributed by atoms with Crippen LogP contribution in [0, 0.1) is 6.92 Å². The highest BCUT2D eigenvalue weighted by molar-refractivity contribution is 6.08. The van der Waals surface area contributed by atoms with Crippen LogP contribution in [0.15, 0.2) is 76.7 Å². The molecule has 1 aliphatic rings. The molecule has 5 rings (SSSR count). The maximum absolute atomic E-state index is 13.9. The fraction of sp³-hybridized carbons (Fsp3) is 0.226. The van der Waals surface area contributed by atoms with Gasteiger partial charge in [0.2, 0.25) is 6.41 Å². The van der Waals surface area contributed by atoms with Crippen molar-refractivity contribution in [2.24, 2.45) is 5.16 Å². The van der Waals surface area contributed by atoms with E-state index in [0.29, 0.717) is 48.7 Å². The van der Waals surface area contributed by atoms with Crippen molar-refractivity contribution in [1.82, 2.24) is 14.9 Å². The number of nitrogens with zero attached hydrogens (tertiary/aromatic N) is 3. The van der Waals surface area contributed by atoms with E-state index >= 15 is 0 Å². The van der Waals surface area contributed by atoms with Crippen LogP contribution in [-0.2, 0) is 29.0 Å². The average molecular weight is 539 g/mol. The minimum absolute atomic E-state index is 0.0552. The molecular weight excluding hydrogens is 508 g/mol. The molecule has 40 heavy (non-hydrogen) atoms. The summed E-state index contributed by atoms with van der Waals surface area (Å²) in [6.07, 6.45) is 1.65.